The van der Waals surface area contributed by atoms with Crippen LogP contribution in [0.4, 0.5) is 9.18 Å². The predicted molar refractivity (Wildman–Crippen MR) is 71.1 cm³/mol. The number of carboxylic acids is 1. The highest BCUT2D eigenvalue weighted by molar-refractivity contribution is 6.13. The number of carbonyl (C=O) groups is 3. The van der Waals surface area contributed by atoms with Crippen LogP contribution in [0.15, 0.2) is 0 Å². The lowest BCUT2D eigenvalue weighted by Crippen LogP contribution is -2.71. The minimum Gasteiger partial charge on any atom is -0.478 e. The maximum absolute atomic E-state index is 14.1. The van der Waals surface area contributed by atoms with Crippen molar-refractivity contribution in [2.24, 2.45) is 0 Å². The molecule has 0 saturated carbocycles. The minimum atomic E-state index is -3.53. The van der Waals surface area contributed by atoms with Gasteiger partial charge in [-0.05, 0) is 6.42 Å². The Kier molecular flexibility index (Phi) is 6.07. The number of carboxylic acid groups (broad SMARTS) is 1. The van der Waals surface area contributed by atoms with E-state index in [2.05, 4.69) is 6.92 Å². The number of hydrogen-bond acceptors (Lipinski definition) is 4. The molecule has 0 aliphatic carbocycles. The molecule has 0 aromatic carbocycles. The molecule has 3 N–H and O–H groups in total. The summed E-state index contributed by atoms with van der Waals surface area (Å²) in [4.78, 5) is 34.4. The van der Waals surface area contributed by atoms with Crippen LogP contribution < -0.4 is 5.32 Å². The van der Waals surface area contributed by atoms with E-state index in [-0.39, 0.29) is 6.54 Å². The molecule has 2 atom stereocenters. The second-order valence-corrected chi connectivity index (χ2v) is 5.11. The number of aliphatic carboxylic acids is 1. The van der Waals surface area contributed by atoms with Gasteiger partial charge >= 0.3 is 17.7 Å². The summed E-state index contributed by atoms with van der Waals surface area (Å²) in [5, 5.41) is 20.1. The van der Waals surface area contributed by atoms with Gasteiger partial charge in [-0.15, -0.1) is 0 Å². The van der Waals surface area contributed by atoms with E-state index in [9.17, 15) is 23.9 Å². The van der Waals surface area contributed by atoms with Crippen molar-refractivity contribution in [3.05, 3.63) is 0 Å². The fourth-order valence-corrected chi connectivity index (χ4v) is 2.20. The number of halogens is 1. The minimum absolute atomic E-state index is 0.00858. The first-order valence-electron chi connectivity index (χ1n) is 7.08. The number of aliphatic hydroxyl groups excluding tert-OH is 1. The number of aliphatic hydroxyl groups is 1. The number of imide groups is 1. The van der Waals surface area contributed by atoms with Crippen LogP contribution in [-0.4, -0.2) is 51.5 Å². The second kappa shape index (κ2) is 7.35. The second-order valence-electron chi connectivity index (χ2n) is 5.11. The number of hydrogen-bond donors (Lipinski definition) is 3. The van der Waals surface area contributed by atoms with Gasteiger partial charge in [0.25, 0.3) is 5.91 Å². The Morgan fingerprint density at radius 3 is 2.43 bits per heavy atom. The fourth-order valence-electron chi connectivity index (χ4n) is 2.20. The molecule has 0 aromatic rings. The summed E-state index contributed by atoms with van der Waals surface area (Å²) >= 11 is 0. The number of urea groups is 1. The van der Waals surface area contributed by atoms with Gasteiger partial charge in [0.15, 0.2) is 6.23 Å². The monoisotopic (exact) mass is 304 g/mol. The maximum atomic E-state index is 14.1. The molecule has 21 heavy (non-hydrogen) atoms. The number of carbonyl (C=O) groups excluding carboxylic acids is 2. The van der Waals surface area contributed by atoms with Crippen LogP contribution >= 0.6 is 0 Å². The summed E-state index contributed by atoms with van der Waals surface area (Å²) in [5.74, 6) is -3.76. The summed E-state index contributed by atoms with van der Waals surface area (Å²) in [6.45, 7) is 2.07. The van der Waals surface area contributed by atoms with Gasteiger partial charge in [0.05, 0.1) is 0 Å². The highest BCUT2D eigenvalue weighted by atomic mass is 19.1. The third-order valence-corrected chi connectivity index (χ3v) is 3.53. The summed E-state index contributed by atoms with van der Waals surface area (Å²) in [5.41, 5.74) is -3.53. The van der Waals surface area contributed by atoms with Crippen LogP contribution in [0.25, 0.3) is 0 Å². The van der Waals surface area contributed by atoms with Crippen molar-refractivity contribution in [2.75, 3.05) is 6.54 Å². The molecule has 1 aliphatic rings. The number of rotatable bonds is 8. The van der Waals surface area contributed by atoms with Gasteiger partial charge in [-0.3, -0.25) is 15.0 Å². The molecule has 2 unspecified atom stereocenters. The molecule has 120 valence electrons. The highest BCUT2D eigenvalue weighted by Gasteiger charge is 2.60. The van der Waals surface area contributed by atoms with Crippen LogP contribution in [0.3, 0.4) is 0 Å². The van der Waals surface area contributed by atoms with Gasteiger partial charge < -0.3 is 10.2 Å². The molecule has 7 nitrogen and oxygen atoms in total. The van der Waals surface area contributed by atoms with Gasteiger partial charge in [0, 0.05) is 6.54 Å². The normalized spacial score (nSPS) is 25.9. The van der Waals surface area contributed by atoms with Crippen LogP contribution in [0.2, 0.25) is 0 Å². The Morgan fingerprint density at radius 1 is 1.29 bits per heavy atom. The lowest BCUT2D eigenvalue weighted by atomic mass is 9.99. The fraction of sp³-hybridized carbons (Fsp3) is 0.769. The summed E-state index contributed by atoms with van der Waals surface area (Å²) < 4.78 is 14.1. The Hall–Kier alpha value is -1.70. The van der Waals surface area contributed by atoms with Gasteiger partial charge in [-0.2, -0.15) is 0 Å². The van der Waals surface area contributed by atoms with E-state index >= 15 is 0 Å². The first-order valence-corrected chi connectivity index (χ1v) is 7.08. The molecule has 0 radical (unpaired) electrons. The van der Waals surface area contributed by atoms with Crippen molar-refractivity contribution < 1.29 is 29.0 Å². The lowest BCUT2D eigenvalue weighted by Gasteiger charge is -2.38. The third-order valence-electron chi connectivity index (χ3n) is 3.53. The van der Waals surface area contributed by atoms with E-state index in [1.54, 1.807) is 5.32 Å². The maximum Gasteiger partial charge on any atom is 0.356 e. The molecule has 1 rings (SSSR count). The number of nitrogens with zero attached hydrogens (tertiary/aromatic N) is 1. The van der Waals surface area contributed by atoms with Crippen LogP contribution in [0, 0.1) is 0 Å². The Balaban J connectivity index is 2.58. The third kappa shape index (κ3) is 3.69. The van der Waals surface area contributed by atoms with E-state index in [1.807, 2.05) is 0 Å². The van der Waals surface area contributed by atoms with Gasteiger partial charge in [0.1, 0.15) is 0 Å². The molecular weight excluding hydrogens is 283 g/mol. The average molecular weight is 304 g/mol. The molecule has 3 amide bonds. The van der Waals surface area contributed by atoms with E-state index in [0.29, 0.717) is 11.3 Å². The largest absolute Gasteiger partial charge is 0.478 e. The standard InChI is InChI=1S/C13H21FN2O5/c1-2-3-4-5-6-7-8-16-10(18)13(14,11(19)20)9(17)15-12(16)21/h10,18H,2-8H2,1H3,(H,19,20)(H,15,17,21). The zero-order chi connectivity index (χ0) is 16.0. The van der Waals surface area contributed by atoms with Gasteiger partial charge in [0.2, 0.25) is 0 Å². The molecule has 1 heterocycles. The highest BCUT2D eigenvalue weighted by Crippen LogP contribution is 2.25. The number of alkyl halides is 1. The Morgan fingerprint density at radius 2 is 1.86 bits per heavy atom. The van der Waals surface area contributed by atoms with Crippen molar-refractivity contribution in [2.45, 2.75) is 57.3 Å². The molecule has 0 bridgehead atoms. The Labute approximate surface area is 122 Å². The summed E-state index contributed by atoms with van der Waals surface area (Å²) in [6, 6.07) is -0.976. The van der Waals surface area contributed by atoms with Gasteiger partial charge in [-0.25, -0.2) is 14.0 Å². The molecule has 1 aliphatic heterocycles. The van der Waals surface area contributed by atoms with Crippen molar-refractivity contribution in [1.82, 2.24) is 10.2 Å². The predicted octanol–water partition coefficient (Wildman–Crippen LogP) is 1.01. The van der Waals surface area contributed by atoms with Crippen molar-refractivity contribution >= 4 is 17.9 Å². The number of amides is 3. The zero-order valence-corrected chi connectivity index (χ0v) is 12.0. The average Bonchev–Trinajstić information content (AvgIpc) is 2.43. The molecule has 0 spiro atoms. The molecule has 8 heteroatoms. The first kappa shape index (κ1) is 17.4. The number of nitrogens with one attached hydrogen (secondary N) is 1. The smallest absolute Gasteiger partial charge is 0.356 e. The lowest BCUT2D eigenvalue weighted by molar-refractivity contribution is -0.179. The van der Waals surface area contributed by atoms with Crippen molar-refractivity contribution in [1.29, 1.82) is 0 Å². The van der Waals surface area contributed by atoms with E-state index in [0.717, 1.165) is 32.1 Å². The zero-order valence-electron chi connectivity index (χ0n) is 12.0. The molecular formula is C13H21FN2O5. The SMILES string of the molecule is CCCCCCCCN1C(=O)NC(=O)C(F)(C(=O)O)C1O. The quantitative estimate of drug-likeness (QED) is 0.458. The van der Waals surface area contributed by atoms with E-state index < -0.39 is 29.8 Å². The molecule has 0 aromatic heterocycles. The topological polar surface area (TPSA) is 107 Å². The van der Waals surface area contributed by atoms with Crippen molar-refractivity contribution in [3.63, 3.8) is 0 Å². The summed E-state index contributed by atoms with van der Waals surface area (Å²) in [7, 11) is 0. The van der Waals surface area contributed by atoms with E-state index in [1.165, 1.54) is 0 Å². The first-order chi connectivity index (χ1) is 9.85. The molecule has 1 fully saturated rings. The van der Waals surface area contributed by atoms with Crippen LogP contribution in [-0.2, 0) is 9.59 Å². The van der Waals surface area contributed by atoms with Crippen LogP contribution in [0.5, 0.6) is 0 Å². The van der Waals surface area contributed by atoms with E-state index in [4.69, 9.17) is 5.11 Å². The number of unbranched alkanes of at least 4 members (excludes halogenated alkanes) is 5. The Bertz CT molecular complexity index is 417. The van der Waals surface area contributed by atoms with Crippen LogP contribution in [0.1, 0.15) is 45.4 Å². The molecule has 1 saturated heterocycles. The van der Waals surface area contributed by atoms with Crippen molar-refractivity contribution in [3.8, 4) is 0 Å². The summed E-state index contributed by atoms with van der Waals surface area (Å²) in [6.07, 6.45) is 3.15. The van der Waals surface area contributed by atoms with Gasteiger partial charge in [-0.1, -0.05) is 39.0 Å².